The summed E-state index contributed by atoms with van der Waals surface area (Å²) in [6, 6.07) is -0.547. The molecule has 0 fully saturated rings. The van der Waals surface area contributed by atoms with Gasteiger partial charge in [-0.1, -0.05) is 353 Å². The summed E-state index contributed by atoms with van der Waals surface area (Å²) in [5.41, 5.74) is 0. The zero-order valence-corrected chi connectivity index (χ0v) is 52.9. The van der Waals surface area contributed by atoms with Crippen LogP contribution in [0, 0.1) is 0 Å². The van der Waals surface area contributed by atoms with E-state index in [2.05, 4.69) is 43.5 Å². The highest BCUT2D eigenvalue weighted by atomic mass is 16.5. The third-order valence-electron chi connectivity index (χ3n) is 16.8. The molecule has 0 aromatic carbocycles. The average Bonchev–Trinajstić information content (AvgIpc) is 3.44. The first-order valence-corrected chi connectivity index (χ1v) is 35.6. The van der Waals surface area contributed by atoms with Gasteiger partial charge in [-0.05, 0) is 57.8 Å². The van der Waals surface area contributed by atoms with Crippen molar-refractivity contribution >= 4 is 11.9 Å². The van der Waals surface area contributed by atoms with E-state index in [1.54, 1.807) is 0 Å². The lowest BCUT2D eigenvalue weighted by molar-refractivity contribution is -0.143. The minimum absolute atomic E-state index is 0.00953. The van der Waals surface area contributed by atoms with Crippen molar-refractivity contribution in [3.8, 4) is 0 Å². The van der Waals surface area contributed by atoms with E-state index in [1.807, 2.05) is 0 Å². The minimum atomic E-state index is -0.670. The molecule has 0 aromatic rings. The number of hydrogen-bond acceptors (Lipinski definition) is 5. The van der Waals surface area contributed by atoms with Crippen molar-refractivity contribution in [2.75, 3.05) is 13.2 Å². The third kappa shape index (κ3) is 63.5. The minimum Gasteiger partial charge on any atom is -0.466 e. The Morgan fingerprint density at radius 1 is 0.359 bits per heavy atom. The van der Waals surface area contributed by atoms with Crippen molar-refractivity contribution < 1.29 is 24.5 Å². The zero-order valence-electron chi connectivity index (χ0n) is 52.9. The van der Waals surface area contributed by atoms with Gasteiger partial charge in [-0.3, -0.25) is 9.59 Å². The van der Waals surface area contributed by atoms with Crippen LogP contribution in [0.25, 0.3) is 0 Å². The second kappa shape index (κ2) is 67.8. The highest BCUT2D eigenvalue weighted by Crippen LogP contribution is 2.19. The quantitative estimate of drug-likeness (QED) is 0.0320. The summed E-state index contributed by atoms with van der Waals surface area (Å²) in [6.07, 6.45) is 85.1. The normalized spacial score (nSPS) is 12.6. The topological polar surface area (TPSA) is 95.9 Å². The van der Waals surface area contributed by atoms with Crippen molar-refractivity contribution in [2.24, 2.45) is 0 Å². The molecular formula is C72H139NO5. The summed E-state index contributed by atoms with van der Waals surface area (Å²) >= 11 is 0. The fourth-order valence-electron chi connectivity index (χ4n) is 11.3. The van der Waals surface area contributed by atoms with E-state index in [9.17, 15) is 19.8 Å². The largest absolute Gasteiger partial charge is 0.466 e. The number of hydrogen-bond donors (Lipinski definition) is 3. The molecular weight excluding hydrogens is 959 g/mol. The highest BCUT2D eigenvalue weighted by Gasteiger charge is 2.20. The predicted molar refractivity (Wildman–Crippen MR) is 343 cm³/mol. The molecule has 0 rings (SSSR count). The maximum atomic E-state index is 12.6. The van der Waals surface area contributed by atoms with Crippen molar-refractivity contribution in [3.05, 3.63) is 24.3 Å². The molecule has 1 amide bonds. The molecule has 2 atom stereocenters. The number of amides is 1. The number of carbonyl (C=O) groups excluding carboxylic acids is 2. The summed E-state index contributed by atoms with van der Waals surface area (Å²) in [5.74, 6) is -0.0267. The van der Waals surface area contributed by atoms with Crippen molar-refractivity contribution in [1.29, 1.82) is 0 Å². The van der Waals surface area contributed by atoms with Crippen LogP contribution in [0.1, 0.15) is 399 Å². The summed E-state index contributed by atoms with van der Waals surface area (Å²) in [6.45, 7) is 4.98. The molecule has 78 heavy (non-hydrogen) atoms. The van der Waals surface area contributed by atoms with Gasteiger partial charge >= 0.3 is 5.97 Å². The van der Waals surface area contributed by atoms with Crippen LogP contribution < -0.4 is 5.32 Å². The average molecular weight is 1100 g/mol. The van der Waals surface area contributed by atoms with E-state index in [1.165, 1.54) is 321 Å². The Hall–Kier alpha value is -1.66. The fraction of sp³-hybridized carbons (Fsp3) is 0.917. The molecule has 0 saturated carbocycles. The lowest BCUT2D eigenvalue weighted by Crippen LogP contribution is -2.45. The number of esters is 1. The first kappa shape index (κ1) is 76.3. The Morgan fingerprint density at radius 3 is 0.974 bits per heavy atom. The lowest BCUT2D eigenvalue weighted by atomic mass is 10.0. The van der Waals surface area contributed by atoms with Gasteiger partial charge in [0.15, 0.2) is 0 Å². The molecule has 0 radical (unpaired) electrons. The van der Waals surface area contributed by atoms with Crippen LogP contribution in [0.5, 0.6) is 0 Å². The second-order valence-corrected chi connectivity index (χ2v) is 24.6. The standard InChI is InChI=1S/C72H139NO5/c1-3-5-7-9-11-13-15-16-17-18-19-20-21-23-26-29-32-35-38-41-45-48-52-56-60-64-70(75)69(68-74)73-71(76)65-61-57-53-49-46-42-39-36-33-30-27-24-22-25-28-31-34-37-40-43-47-51-55-59-63-67-78-72(77)66-62-58-54-50-44-14-12-10-8-6-4-2/h24-25,27-28,69-70,74-75H,3-23,26,29-68H2,1-2H3,(H,73,76)/b27-24-,28-25-. The molecule has 3 N–H and O–H groups in total. The molecule has 0 saturated heterocycles. The third-order valence-corrected chi connectivity index (χ3v) is 16.8. The molecule has 0 aliphatic carbocycles. The number of unbranched alkanes of at least 4 members (excludes halogenated alkanes) is 52. The monoisotopic (exact) mass is 1100 g/mol. The zero-order chi connectivity index (χ0) is 56.4. The fourth-order valence-corrected chi connectivity index (χ4v) is 11.3. The first-order valence-electron chi connectivity index (χ1n) is 35.6. The Bertz CT molecular complexity index is 1220. The molecule has 6 heteroatoms. The van der Waals surface area contributed by atoms with Gasteiger partial charge in [0.1, 0.15) is 0 Å². The van der Waals surface area contributed by atoms with E-state index in [4.69, 9.17) is 4.74 Å². The summed E-state index contributed by atoms with van der Waals surface area (Å²) < 4.78 is 5.47. The predicted octanol–water partition coefficient (Wildman–Crippen LogP) is 22.9. The highest BCUT2D eigenvalue weighted by molar-refractivity contribution is 5.76. The molecule has 0 heterocycles. The molecule has 6 nitrogen and oxygen atoms in total. The Morgan fingerprint density at radius 2 is 0.641 bits per heavy atom. The number of aliphatic hydroxyl groups is 2. The maximum absolute atomic E-state index is 12.6. The smallest absolute Gasteiger partial charge is 0.305 e. The van der Waals surface area contributed by atoms with E-state index >= 15 is 0 Å². The van der Waals surface area contributed by atoms with Crippen LogP contribution in [0.4, 0.5) is 0 Å². The van der Waals surface area contributed by atoms with Crippen LogP contribution >= 0.6 is 0 Å². The number of rotatable bonds is 67. The van der Waals surface area contributed by atoms with E-state index in [-0.39, 0.29) is 18.5 Å². The summed E-state index contributed by atoms with van der Waals surface area (Å²) in [5, 5.41) is 23.4. The molecule has 0 aliphatic heterocycles. The van der Waals surface area contributed by atoms with Crippen molar-refractivity contribution in [1.82, 2.24) is 5.32 Å². The van der Waals surface area contributed by atoms with E-state index in [0.29, 0.717) is 25.9 Å². The van der Waals surface area contributed by atoms with Crippen LogP contribution in [0.2, 0.25) is 0 Å². The number of nitrogens with one attached hydrogen (secondary N) is 1. The van der Waals surface area contributed by atoms with Crippen LogP contribution in [0.15, 0.2) is 24.3 Å². The van der Waals surface area contributed by atoms with Gasteiger partial charge in [0.2, 0.25) is 5.91 Å². The van der Waals surface area contributed by atoms with Crippen LogP contribution in [-0.2, 0) is 14.3 Å². The molecule has 0 bridgehead atoms. The Kier molecular flexibility index (Phi) is 66.4. The second-order valence-electron chi connectivity index (χ2n) is 24.6. The molecule has 2 unspecified atom stereocenters. The number of aliphatic hydroxyl groups excluding tert-OH is 2. The van der Waals surface area contributed by atoms with Gasteiger partial charge in [-0.2, -0.15) is 0 Å². The van der Waals surface area contributed by atoms with Crippen molar-refractivity contribution in [2.45, 2.75) is 411 Å². The van der Waals surface area contributed by atoms with Crippen LogP contribution in [0.3, 0.4) is 0 Å². The molecule has 0 aromatic heterocycles. The molecule has 0 aliphatic rings. The van der Waals surface area contributed by atoms with Gasteiger partial charge in [0, 0.05) is 12.8 Å². The number of allylic oxidation sites excluding steroid dienone is 4. The van der Waals surface area contributed by atoms with E-state index in [0.717, 1.165) is 44.9 Å². The van der Waals surface area contributed by atoms with Crippen molar-refractivity contribution in [3.63, 3.8) is 0 Å². The number of ether oxygens (including phenoxy) is 1. The van der Waals surface area contributed by atoms with Gasteiger partial charge in [0.25, 0.3) is 0 Å². The molecule has 462 valence electrons. The first-order chi connectivity index (χ1) is 38.5. The lowest BCUT2D eigenvalue weighted by Gasteiger charge is -2.22. The number of carbonyl (C=O) groups is 2. The van der Waals surface area contributed by atoms with Gasteiger partial charge in [-0.25, -0.2) is 0 Å². The SMILES string of the molecule is CCCCCCCCCCCCCCCCCCCCCCCCCCCC(O)C(CO)NC(=O)CCCCCCCCCCC/C=C\C/C=C\CCCCCCCCCCCOC(=O)CCCCCCCCCCCCC. The van der Waals surface area contributed by atoms with Gasteiger partial charge in [0.05, 0.1) is 25.4 Å². The van der Waals surface area contributed by atoms with Gasteiger partial charge in [-0.15, -0.1) is 0 Å². The van der Waals surface area contributed by atoms with E-state index < -0.39 is 12.1 Å². The van der Waals surface area contributed by atoms with Crippen LogP contribution in [-0.4, -0.2) is 47.4 Å². The van der Waals surface area contributed by atoms with Gasteiger partial charge < -0.3 is 20.3 Å². The Labute approximate surface area is 488 Å². The summed E-state index contributed by atoms with van der Waals surface area (Å²) in [7, 11) is 0. The summed E-state index contributed by atoms with van der Waals surface area (Å²) in [4.78, 5) is 24.6. The maximum Gasteiger partial charge on any atom is 0.305 e. The molecule has 0 spiro atoms. The Balaban J connectivity index is 3.43.